The van der Waals surface area contributed by atoms with Crippen molar-refractivity contribution in [3.8, 4) is 11.6 Å². The SMILES string of the molecule is C=C[C@@H]1C[C@]1(CC(=C)C(=O)[C@@H]1C[C@@H](Oc2nccc3cc(OC)ccc23)CN1C(=O)[C@@H](NC(=O)OC(C)(C)C)C(C)(C)C)C(=O)NS(=O)(=O)c1cc(Cl)c(C)s1. The van der Waals surface area contributed by atoms with Crippen LogP contribution in [0.1, 0.15) is 65.7 Å². The van der Waals surface area contributed by atoms with Gasteiger partial charge in [-0.25, -0.2) is 22.9 Å². The maximum absolute atomic E-state index is 14.6. The normalized spacial score (nSPS) is 21.5. The van der Waals surface area contributed by atoms with Crippen LogP contribution < -0.4 is 19.5 Å². The first-order chi connectivity index (χ1) is 26.0. The van der Waals surface area contributed by atoms with Gasteiger partial charge in [-0.05, 0) is 93.2 Å². The van der Waals surface area contributed by atoms with E-state index in [-0.39, 0.29) is 40.6 Å². The van der Waals surface area contributed by atoms with Gasteiger partial charge in [-0.2, -0.15) is 0 Å². The van der Waals surface area contributed by atoms with Crippen molar-refractivity contribution < 1.29 is 41.8 Å². The number of likely N-dealkylation sites (tertiary alicyclic amines) is 1. The van der Waals surface area contributed by atoms with Crippen molar-refractivity contribution in [1.29, 1.82) is 0 Å². The first kappa shape index (κ1) is 42.7. The van der Waals surface area contributed by atoms with E-state index in [1.165, 1.54) is 11.0 Å². The highest BCUT2D eigenvalue weighted by molar-refractivity contribution is 7.92. The lowest BCUT2D eigenvalue weighted by atomic mass is 9.85. The number of hydrogen-bond acceptors (Lipinski definition) is 11. The number of allylic oxidation sites excluding steroid dienone is 1. The highest BCUT2D eigenvalue weighted by Crippen LogP contribution is 2.58. The number of methoxy groups -OCH3 is 1. The molecule has 0 unspecified atom stereocenters. The fourth-order valence-electron chi connectivity index (χ4n) is 6.85. The topological polar surface area (TPSA) is 170 Å². The number of ketones is 1. The number of amides is 3. The maximum Gasteiger partial charge on any atom is 0.408 e. The molecule has 3 aromatic rings. The highest BCUT2D eigenvalue weighted by atomic mass is 35.5. The van der Waals surface area contributed by atoms with Crippen molar-refractivity contribution >= 4 is 67.4 Å². The van der Waals surface area contributed by atoms with Gasteiger partial charge in [0.05, 0.1) is 30.1 Å². The lowest BCUT2D eigenvalue weighted by molar-refractivity contribution is -0.140. The number of Topliss-reactive ketones (excluding diaryl/α,β-unsaturated/α-hetero) is 1. The Hall–Kier alpha value is -4.47. The Labute approximate surface area is 336 Å². The van der Waals surface area contributed by atoms with E-state index in [0.717, 1.165) is 16.7 Å². The summed E-state index contributed by atoms with van der Waals surface area (Å²) < 4.78 is 45.8. The molecular formula is C40H49ClN4O9S2. The van der Waals surface area contributed by atoms with E-state index in [1.54, 1.807) is 73.9 Å². The van der Waals surface area contributed by atoms with Gasteiger partial charge in [0.25, 0.3) is 10.0 Å². The summed E-state index contributed by atoms with van der Waals surface area (Å²) >= 11 is 7.04. The van der Waals surface area contributed by atoms with E-state index in [1.807, 2.05) is 18.2 Å². The Balaban J connectivity index is 1.44. The molecule has 1 aromatic carbocycles. The summed E-state index contributed by atoms with van der Waals surface area (Å²) in [5.74, 6) is -1.38. The second-order valence-electron chi connectivity index (χ2n) is 16.4. The average Bonchev–Trinajstić information content (AvgIpc) is 3.48. The molecule has 1 aliphatic carbocycles. The number of thiophene rings is 1. The number of ether oxygens (including phenoxy) is 3. The van der Waals surface area contributed by atoms with Crippen molar-refractivity contribution in [1.82, 2.24) is 19.9 Å². The minimum absolute atomic E-state index is 0.0168. The standard InChI is InChI=1S/C40H49ClN4O9S2/c1-11-25-20-40(25,36(48)44-56(50,51)31-18-29(41)23(3)55-31)19-22(2)32(46)30-17-27(53-34-28-13-12-26(52-10)16-24(28)14-15-42-34)21-45(30)35(47)33(38(4,5)6)43-37(49)54-39(7,8)9/h11-16,18,25,27,30,33H,1-2,17,19-21H2,3-10H3,(H,43,49)(H,44,48)/t25-,27-,30+,33-,40+/m1/s1. The van der Waals surface area contributed by atoms with Crippen LogP contribution in [0.4, 0.5) is 4.79 Å². The molecule has 13 nitrogen and oxygen atoms in total. The van der Waals surface area contributed by atoms with Crippen molar-refractivity contribution in [3.63, 3.8) is 0 Å². The minimum atomic E-state index is -4.27. The van der Waals surface area contributed by atoms with Crippen LogP contribution in [-0.4, -0.2) is 79.4 Å². The lowest BCUT2D eigenvalue weighted by Gasteiger charge is -2.35. The van der Waals surface area contributed by atoms with E-state index in [4.69, 9.17) is 25.8 Å². The van der Waals surface area contributed by atoms with Crippen LogP contribution in [-0.2, 0) is 29.1 Å². The van der Waals surface area contributed by atoms with E-state index >= 15 is 0 Å². The predicted octanol–water partition coefficient (Wildman–Crippen LogP) is 6.77. The summed E-state index contributed by atoms with van der Waals surface area (Å²) in [4.78, 5) is 62.2. The Morgan fingerprint density at radius 1 is 1.14 bits per heavy atom. The molecule has 3 heterocycles. The largest absolute Gasteiger partial charge is 0.497 e. The molecule has 1 aliphatic heterocycles. The number of carbonyl (C=O) groups is 4. The Morgan fingerprint density at radius 3 is 2.41 bits per heavy atom. The first-order valence-corrected chi connectivity index (χ1v) is 20.7. The molecule has 302 valence electrons. The molecule has 2 N–H and O–H groups in total. The van der Waals surface area contributed by atoms with E-state index in [9.17, 15) is 27.6 Å². The van der Waals surface area contributed by atoms with Gasteiger partial charge in [-0.1, -0.05) is 45.0 Å². The number of alkyl carbamates (subject to hydrolysis) is 1. The second kappa shape index (κ2) is 15.8. The van der Waals surface area contributed by atoms with E-state index in [2.05, 4.69) is 28.2 Å². The third-order valence-corrected chi connectivity index (χ3v) is 13.3. The molecule has 1 saturated carbocycles. The van der Waals surface area contributed by atoms with Gasteiger partial charge in [0.1, 0.15) is 27.7 Å². The molecule has 56 heavy (non-hydrogen) atoms. The Bertz CT molecular complexity index is 2170. The number of fused-ring (bicyclic) bond motifs is 1. The van der Waals surface area contributed by atoms with Gasteiger partial charge in [-0.3, -0.25) is 14.4 Å². The molecule has 0 spiro atoms. The summed E-state index contributed by atoms with van der Waals surface area (Å²) in [5.41, 5.74) is -2.96. The molecule has 3 amide bonds. The number of benzene rings is 1. The number of nitrogens with one attached hydrogen (secondary N) is 2. The molecule has 5 rings (SSSR count). The monoisotopic (exact) mass is 828 g/mol. The third-order valence-electron chi connectivity index (χ3n) is 9.91. The number of nitrogens with zero attached hydrogens (tertiary/aromatic N) is 2. The summed E-state index contributed by atoms with van der Waals surface area (Å²) in [6.45, 7) is 20.0. The average molecular weight is 829 g/mol. The number of halogens is 1. The molecule has 2 fully saturated rings. The zero-order chi connectivity index (χ0) is 41.5. The molecule has 0 radical (unpaired) electrons. The third kappa shape index (κ3) is 9.21. The van der Waals surface area contributed by atoms with Gasteiger partial charge in [0.15, 0.2) is 5.78 Å². The molecule has 1 saturated heterocycles. The van der Waals surface area contributed by atoms with E-state index < -0.39 is 74.3 Å². The molecule has 2 aromatic heterocycles. The smallest absolute Gasteiger partial charge is 0.408 e. The van der Waals surface area contributed by atoms with Crippen LogP contribution in [0.5, 0.6) is 11.6 Å². The van der Waals surface area contributed by atoms with Gasteiger partial charge in [0, 0.05) is 22.9 Å². The van der Waals surface area contributed by atoms with Crippen LogP contribution in [0, 0.1) is 23.7 Å². The van der Waals surface area contributed by atoms with Gasteiger partial charge in [0.2, 0.25) is 17.7 Å². The zero-order valence-electron chi connectivity index (χ0n) is 32.9. The summed E-state index contributed by atoms with van der Waals surface area (Å²) in [5, 5.41) is 4.47. The van der Waals surface area contributed by atoms with Gasteiger partial charge >= 0.3 is 6.09 Å². The molecule has 5 atom stereocenters. The number of hydrogen-bond donors (Lipinski definition) is 2. The van der Waals surface area contributed by atoms with Crippen LogP contribution >= 0.6 is 22.9 Å². The number of pyridine rings is 1. The number of sulfonamides is 1. The minimum Gasteiger partial charge on any atom is -0.497 e. The summed E-state index contributed by atoms with van der Waals surface area (Å²) in [7, 11) is -2.70. The van der Waals surface area contributed by atoms with Crippen LogP contribution in [0.2, 0.25) is 5.02 Å². The first-order valence-electron chi connectivity index (χ1n) is 18.1. The van der Waals surface area contributed by atoms with Crippen molar-refractivity contribution in [2.75, 3.05) is 13.7 Å². The maximum atomic E-state index is 14.6. The zero-order valence-corrected chi connectivity index (χ0v) is 35.2. The van der Waals surface area contributed by atoms with Crippen molar-refractivity contribution in [3.05, 3.63) is 71.2 Å². The predicted molar refractivity (Wildman–Crippen MR) is 214 cm³/mol. The van der Waals surface area contributed by atoms with Crippen molar-refractivity contribution in [2.24, 2.45) is 16.7 Å². The molecule has 2 aliphatic rings. The number of carbonyl (C=O) groups excluding carboxylic acids is 4. The van der Waals surface area contributed by atoms with Crippen LogP contribution in [0.3, 0.4) is 0 Å². The van der Waals surface area contributed by atoms with Crippen molar-refractivity contribution in [2.45, 2.75) is 95.7 Å². The van der Waals surface area contributed by atoms with E-state index in [0.29, 0.717) is 21.9 Å². The second-order valence-corrected chi connectivity index (χ2v) is 20.0. The molecule has 0 bridgehead atoms. The summed E-state index contributed by atoms with van der Waals surface area (Å²) in [6.07, 6.45) is 1.71. The van der Waals surface area contributed by atoms with Crippen LogP contribution in [0.15, 0.2) is 65.5 Å². The molecule has 16 heteroatoms. The Morgan fingerprint density at radius 2 is 1.84 bits per heavy atom. The van der Waals surface area contributed by atoms with Gasteiger partial charge in [-0.15, -0.1) is 17.9 Å². The molecular weight excluding hydrogens is 780 g/mol. The summed E-state index contributed by atoms with van der Waals surface area (Å²) in [6, 6.07) is 6.28. The lowest BCUT2D eigenvalue weighted by Crippen LogP contribution is -2.57. The van der Waals surface area contributed by atoms with Crippen LogP contribution in [0.25, 0.3) is 10.8 Å². The van der Waals surface area contributed by atoms with Gasteiger partial charge < -0.3 is 24.4 Å². The fourth-order valence-corrected chi connectivity index (χ4v) is 9.60. The number of aryl methyl sites for hydroxylation is 1. The quantitative estimate of drug-likeness (QED) is 0.139. The highest BCUT2D eigenvalue weighted by Gasteiger charge is 2.60. The number of aromatic nitrogens is 1. The number of rotatable bonds is 13. The fraction of sp³-hybridized carbons (Fsp3) is 0.475. The Kier molecular flexibility index (Phi) is 12.1.